The second kappa shape index (κ2) is 19.1. The van der Waals surface area contributed by atoms with Crippen LogP contribution in [0.5, 0.6) is 17.2 Å². The maximum Gasteiger partial charge on any atom is 0.407 e. The Morgan fingerprint density at radius 1 is 0.851 bits per heavy atom. The molecular formula is C35H53N3O9. The first-order valence-corrected chi connectivity index (χ1v) is 15.8. The number of imide groups is 1. The van der Waals surface area contributed by atoms with Gasteiger partial charge in [0.05, 0.1) is 46.1 Å². The summed E-state index contributed by atoms with van der Waals surface area (Å²) >= 11 is 0. The fourth-order valence-corrected chi connectivity index (χ4v) is 5.19. The lowest BCUT2D eigenvalue weighted by Gasteiger charge is -2.29. The molecule has 0 bridgehead atoms. The van der Waals surface area contributed by atoms with Crippen molar-refractivity contribution < 1.29 is 43.2 Å². The molecule has 2 aromatic rings. The summed E-state index contributed by atoms with van der Waals surface area (Å²) in [5, 5.41) is 20.2. The van der Waals surface area contributed by atoms with Crippen LogP contribution >= 0.6 is 0 Å². The summed E-state index contributed by atoms with van der Waals surface area (Å²) in [5.41, 5.74) is 0.708. The molecule has 47 heavy (non-hydrogen) atoms. The normalized spacial score (nSPS) is 14.0. The standard InChI is InChI=1S/C35H53N3O9/c1-22(2)29(36-17-18-43-6)33(41)38-32(40)25(20-24-15-16-28(44-7)31(46-9)30(24)45-8)21-27(39)26(19-23-13-11-10-12-14-23)37-34(42)47-35(3,4)5/h10-16,22,25-27,29,36,39H,17-21H2,1-9H3,(H,37,42)(H,38,40,41)/t25-,26+,27+,29?/m1/s1. The minimum atomic E-state index is -1.21. The molecule has 2 aromatic carbocycles. The molecule has 12 heteroatoms. The lowest BCUT2D eigenvalue weighted by molar-refractivity contribution is -0.135. The van der Waals surface area contributed by atoms with Gasteiger partial charge in [-0.3, -0.25) is 14.9 Å². The number of rotatable bonds is 18. The number of nitrogens with one attached hydrogen (secondary N) is 3. The number of hydrogen-bond donors (Lipinski definition) is 4. The average Bonchev–Trinajstić information content (AvgIpc) is 3.01. The van der Waals surface area contributed by atoms with E-state index in [0.717, 1.165) is 5.56 Å². The van der Waals surface area contributed by atoms with Gasteiger partial charge < -0.3 is 39.4 Å². The second-order valence-corrected chi connectivity index (χ2v) is 12.7. The molecule has 3 amide bonds. The number of methoxy groups -OCH3 is 4. The predicted octanol–water partition coefficient (Wildman–Crippen LogP) is 3.66. The predicted molar refractivity (Wildman–Crippen MR) is 179 cm³/mol. The molecule has 12 nitrogen and oxygen atoms in total. The van der Waals surface area contributed by atoms with Crippen LogP contribution in [0.2, 0.25) is 0 Å². The lowest BCUT2D eigenvalue weighted by atomic mass is 9.88. The molecule has 0 aromatic heterocycles. The Kier molecular flexibility index (Phi) is 16.0. The lowest BCUT2D eigenvalue weighted by Crippen LogP contribution is -2.52. The summed E-state index contributed by atoms with van der Waals surface area (Å²) in [6.45, 7) is 9.81. The van der Waals surface area contributed by atoms with Crippen LogP contribution in [0.3, 0.4) is 0 Å². The third kappa shape index (κ3) is 12.7. The highest BCUT2D eigenvalue weighted by Gasteiger charge is 2.33. The first-order chi connectivity index (χ1) is 22.2. The van der Waals surface area contributed by atoms with Gasteiger partial charge in [0.25, 0.3) is 0 Å². The molecule has 0 aliphatic rings. The molecule has 0 radical (unpaired) electrons. The maximum absolute atomic E-state index is 13.9. The fourth-order valence-electron chi connectivity index (χ4n) is 5.19. The molecule has 0 aliphatic carbocycles. The van der Waals surface area contributed by atoms with Crippen LogP contribution in [0.15, 0.2) is 42.5 Å². The molecule has 4 N–H and O–H groups in total. The number of carbonyl (C=O) groups is 3. The maximum atomic E-state index is 13.9. The highest BCUT2D eigenvalue weighted by molar-refractivity contribution is 5.99. The Hall–Kier alpha value is -3.87. The highest BCUT2D eigenvalue weighted by Crippen LogP contribution is 2.41. The van der Waals surface area contributed by atoms with Crippen LogP contribution in [0, 0.1) is 11.8 Å². The van der Waals surface area contributed by atoms with E-state index in [-0.39, 0.29) is 25.2 Å². The summed E-state index contributed by atoms with van der Waals surface area (Å²) in [5.74, 6) is -0.975. The van der Waals surface area contributed by atoms with Gasteiger partial charge in [-0.25, -0.2) is 4.79 Å². The first kappa shape index (κ1) is 39.3. The zero-order valence-electron chi connectivity index (χ0n) is 29.2. The van der Waals surface area contributed by atoms with E-state index in [1.54, 1.807) is 40.0 Å². The molecule has 0 spiro atoms. The summed E-state index contributed by atoms with van der Waals surface area (Å²) in [6.07, 6.45) is -1.66. The number of hydrogen-bond acceptors (Lipinski definition) is 10. The highest BCUT2D eigenvalue weighted by atomic mass is 16.6. The van der Waals surface area contributed by atoms with Gasteiger partial charge >= 0.3 is 6.09 Å². The zero-order valence-corrected chi connectivity index (χ0v) is 29.2. The van der Waals surface area contributed by atoms with Gasteiger partial charge in [0.15, 0.2) is 11.5 Å². The van der Waals surface area contributed by atoms with E-state index < -0.39 is 47.6 Å². The van der Waals surface area contributed by atoms with Crippen molar-refractivity contribution in [1.29, 1.82) is 0 Å². The van der Waals surface area contributed by atoms with Crippen molar-refractivity contribution in [2.24, 2.45) is 11.8 Å². The summed E-state index contributed by atoms with van der Waals surface area (Å²) in [6, 6.07) is 11.3. The Labute approximate surface area is 278 Å². The largest absolute Gasteiger partial charge is 0.493 e. The summed E-state index contributed by atoms with van der Waals surface area (Å²) in [4.78, 5) is 40.1. The topological polar surface area (TPSA) is 154 Å². The molecule has 0 fully saturated rings. The number of aliphatic hydroxyl groups excluding tert-OH is 1. The van der Waals surface area contributed by atoms with Gasteiger partial charge in [0, 0.05) is 19.6 Å². The Balaban J connectivity index is 2.47. The average molecular weight is 660 g/mol. The minimum absolute atomic E-state index is 0.0770. The molecule has 262 valence electrons. The molecule has 0 aliphatic heterocycles. The van der Waals surface area contributed by atoms with Crippen LogP contribution in [-0.4, -0.2) is 88.4 Å². The second-order valence-electron chi connectivity index (χ2n) is 12.7. The van der Waals surface area contributed by atoms with Crippen molar-refractivity contribution in [2.45, 2.75) is 77.7 Å². The number of alkyl carbamates (subject to hydrolysis) is 1. The van der Waals surface area contributed by atoms with Gasteiger partial charge in [-0.15, -0.1) is 0 Å². The van der Waals surface area contributed by atoms with Crippen molar-refractivity contribution in [2.75, 3.05) is 41.6 Å². The van der Waals surface area contributed by atoms with Gasteiger partial charge in [-0.1, -0.05) is 50.2 Å². The quantitative estimate of drug-likeness (QED) is 0.174. The van der Waals surface area contributed by atoms with Gasteiger partial charge in [-0.2, -0.15) is 0 Å². The van der Waals surface area contributed by atoms with Crippen molar-refractivity contribution in [3.05, 3.63) is 53.6 Å². The van der Waals surface area contributed by atoms with Gasteiger partial charge in [0.2, 0.25) is 17.6 Å². The van der Waals surface area contributed by atoms with Crippen LogP contribution in [0.25, 0.3) is 0 Å². The number of amides is 3. The first-order valence-electron chi connectivity index (χ1n) is 15.8. The van der Waals surface area contributed by atoms with E-state index in [1.807, 2.05) is 44.2 Å². The van der Waals surface area contributed by atoms with Crippen molar-refractivity contribution >= 4 is 17.9 Å². The number of ether oxygens (including phenoxy) is 5. The molecular weight excluding hydrogens is 606 g/mol. The van der Waals surface area contributed by atoms with E-state index in [9.17, 15) is 19.5 Å². The number of carbonyl (C=O) groups excluding carboxylic acids is 3. The van der Waals surface area contributed by atoms with E-state index in [0.29, 0.717) is 36.0 Å². The number of benzene rings is 2. The van der Waals surface area contributed by atoms with E-state index in [2.05, 4.69) is 16.0 Å². The third-order valence-electron chi connectivity index (χ3n) is 7.48. The van der Waals surface area contributed by atoms with E-state index in [4.69, 9.17) is 23.7 Å². The van der Waals surface area contributed by atoms with Crippen LogP contribution in [0.4, 0.5) is 4.79 Å². The third-order valence-corrected chi connectivity index (χ3v) is 7.48. The number of aliphatic hydroxyl groups is 1. The SMILES string of the molecule is COCCNC(C(=O)NC(=O)[C@H](Cc1ccc(OC)c(OC)c1OC)C[C@H](O)[C@H](Cc1ccccc1)NC(=O)OC(C)(C)C)C(C)C. The molecule has 0 saturated carbocycles. The van der Waals surface area contributed by atoms with Crippen molar-refractivity contribution in [1.82, 2.24) is 16.0 Å². The summed E-state index contributed by atoms with van der Waals surface area (Å²) < 4.78 is 27.2. The Bertz CT molecular complexity index is 1280. The minimum Gasteiger partial charge on any atom is -0.493 e. The van der Waals surface area contributed by atoms with E-state index >= 15 is 0 Å². The van der Waals surface area contributed by atoms with Crippen molar-refractivity contribution in [3.63, 3.8) is 0 Å². The Morgan fingerprint density at radius 2 is 1.51 bits per heavy atom. The van der Waals surface area contributed by atoms with E-state index in [1.165, 1.54) is 21.3 Å². The fraction of sp³-hybridized carbons (Fsp3) is 0.571. The molecule has 0 saturated heterocycles. The zero-order chi connectivity index (χ0) is 35.1. The smallest absolute Gasteiger partial charge is 0.407 e. The van der Waals surface area contributed by atoms with Crippen LogP contribution < -0.4 is 30.2 Å². The Morgan fingerprint density at radius 3 is 2.06 bits per heavy atom. The van der Waals surface area contributed by atoms with Crippen LogP contribution in [-0.2, 0) is 31.9 Å². The van der Waals surface area contributed by atoms with Crippen LogP contribution in [0.1, 0.15) is 52.2 Å². The molecule has 0 heterocycles. The monoisotopic (exact) mass is 659 g/mol. The van der Waals surface area contributed by atoms with Gasteiger partial charge in [-0.05, 0) is 63.1 Å². The molecule has 2 rings (SSSR count). The summed E-state index contributed by atoms with van der Waals surface area (Å²) in [7, 11) is 6.03. The van der Waals surface area contributed by atoms with Gasteiger partial charge in [0.1, 0.15) is 5.60 Å². The van der Waals surface area contributed by atoms with Crippen molar-refractivity contribution in [3.8, 4) is 17.2 Å². The molecule has 4 atom stereocenters. The molecule has 1 unspecified atom stereocenters.